The summed E-state index contributed by atoms with van der Waals surface area (Å²) < 4.78 is 0. The minimum absolute atomic E-state index is 0.0893. The lowest BCUT2D eigenvalue weighted by Crippen LogP contribution is -2.47. The van der Waals surface area contributed by atoms with Gasteiger partial charge in [0, 0.05) is 18.4 Å². The first-order chi connectivity index (χ1) is 11.7. The molecule has 1 saturated carbocycles. The van der Waals surface area contributed by atoms with Gasteiger partial charge in [0.05, 0.1) is 6.04 Å². The monoisotopic (exact) mass is 326 g/mol. The Bertz CT molecular complexity index is 598. The summed E-state index contributed by atoms with van der Waals surface area (Å²) in [6, 6.07) is 9.86. The lowest BCUT2D eigenvalue weighted by atomic mass is 9.73. The highest BCUT2D eigenvalue weighted by molar-refractivity contribution is 5.73. The number of benzene rings is 1. The molecule has 1 amide bonds. The summed E-state index contributed by atoms with van der Waals surface area (Å²) in [6.07, 6.45) is 10.6. The van der Waals surface area contributed by atoms with Gasteiger partial charge in [-0.25, -0.2) is 0 Å². The Kier molecular flexibility index (Phi) is 4.38. The molecule has 24 heavy (non-hydrogen) atoms. The highest BCUT2D eigenvalue weighted by atomic mass is 16.1. The Balaban J connectivity index is 1.51. The maximum Gasteiger partial charge on any atom is 0.217 e. The van der Waals surface area contributed by atoms with Crippen LogP contribution in [0.4, 0.5) is 0 Å². The van der Waals surface area contributed by atoms with Gasteiger partial charge in [-0.2, -0.15) is 0 Å². The number of hydrogen-bond donors (Lipinski definition) is 1. The van der Waals surface area contributed by atoms with Gasteiger partial charge >= 0.3 is 0 Å². The third-order valence-electron chi connectivity index (χ3n) is 6.73. The highest BCUT2D eigenvalue weighted by Gasteiger charge is 2.46. The van der Waals surface area contributed by atoms with Crippen molar-refractivity contribution in [3.63, 3.8) is 0 Å². The van der Waals surface area contributed by atoms with E-state index < -0.39 is 0 Å². The van der Waals surface area contributed by atoms with E-state index in [2.05, 4.69) is 34.5 Å². The molecule has 1 N–H and O–H groups in total. The zero-order valence-corrected chi connectivity index (χ0v) is 14.9. The first-order valence-corrected chi connectivity index (χ1v) is 9.78. The molecule has 130 valence electrons. The fourth-order valence-electron chi connectivity index (χ4n) is 5.51. The first kappa shape index (κ1) is 16.1. The molecule has 3 heteroatoms. The average Bonchev–Trinajstić information content (AvgIpc) is 2.90. The minimum atomic E-state index is 0.0893. The Hall–Kier alpha value is -1.35. The van der Waals surface area contributed by atoms with E-state index in [4.69, 9.17) is 0 Å². The number of piperidine rings is 1. The Morgan fingerprint density at radius 3 is 2.54 bits per heavy atom. The van der Waals surface area contributed by atoms with Gasteiger partial charge in [0.1, 0.15) is 0 Å². The third-order valence-corrected chi connectivity index (χ3v) is 6.73. The summed E-state index contributed by atoms with van der Waals surface area (Å²) in [5.41, 5.74) is 3.15. The van der Waals surface area contributed by atoms with E-state index in [9.17, 15) is 4.79 Å². The molecule has 4 rings (SSSR count). The Morgan fingerprint density at radius 1 is 1.12 bits per heavy atom. The van der Waals surface area contributed by atoms with Gasteiger partial charge in [-0.3, -0.25) is 4.79 Å². The zero-order valence-electron chi connectivity index (χ0n) is 14.9. The first-order valence-electron chi connectivity index (χ1n) is 9.78. The van der Waals surface area contributed by atoms with Gasteiger partial charge in [-0.1, -0.05) is 43.5 Å². The van der Waals surface area contributed by atoms with E-state index in [1.54, 1.807) is 6.92 Å². The summed E-state index contributed by atoms with van der Waals surface area (Å²) in [5, 5.41) is 3.19. The number of rotatable bonds is 2. The maximum atomic E-state index is 11.6. The molecule has 0 aromatic heterocycles. The average molecular weight is 326 g/mol. The number of amides is 1. The van der Waals surface area contributed by atoms with Crippen molar-refractivity contribution >= 4 is 5.91 Å². The molecule has 1 aromatic carbocycles. The van der Waals surface area contributed by atoms with Crippen LogP contribution in [-0.2, 0) is 10.2 Å². The molecule has 1 aromatic rings. The minimum Gasteiger partial charge on any atom is -0.349 e. The molecule has 2 aliphatic carbocycles. The van der Waals surface area contributed by atoms with Crippen LogP contribution in [0, 0.1) is 0 Å². The molecule has 3 nitrogen and oxygen atoms in total. The van der Waals surface area contributed by atoms with Crippen LogP contribution >= 0.6 is 0 Å². The zero-order chi connectivity index (χ0) is 16.6. The van der Waals surface area contributed by atoms with Crippen molar-refractivity contribution in [1.82, 2.24) is 10.2 Å². The fourth-order valence-corrected chi connectivity index (χ4v) is 5.51. The van der Waals surface area contributed by atoms with Crippen LogP contribution in [0.5, 0.6) is 0 Å². The third kappa shape index (κ3) is 2.88. The lowest BCUT2D eigenvalue weighted by Gasteiger charge is -2.44. The molecule has 1 aliphatic heterocycles. The lowest BCUT2D eigenvalue weighted by molar-refractivity contribution is -0.119. The Morgan fingerprint density at radius 2 is 1.83 bits per heavy atom. The van der Waals surface area contributed by atoms with Crippen molar-refractivity contribution in [2.24, 2.45) is 0 Å². The maximum absolute atomic E-state index is 11.6. The summed E-state index contributed by atoms with van der Waals surface area (Å²) in [6.45, 7) is 4.09. The summed E-state index contributed by atoms with van der Waals surface area (Å²) in [4.78, 5) is 14.4. The second-order valence-electron chi connectivity index (χ2n) is 8.15. The second kappa shape index (κ2) is 6.51. The van der Waals surface area contributed by atoms with Gasteiger partial charge in [0.15, 0.2) is 0 Å². The van der Waals surface area contributed by atoms with Gasteiger partial charge in [-0.15, -0.1) is 0 Å². The molecular formula is C21H30N2O. The van der Waals surface area contributed by atoms with E-state index >= 15 is 0 Å². The van der Waals surface area contributed by atoms with Crippen molar-refractivity contribution in [2.75, 3.05) is 13.1 Å². The van der Waals surface area contributed by atoms with Crippen molar-refractivity contribution in [3.05, 3.63) is 35.4 Å². The number of hydrogen-bond acceptors (Lipinski definition) is 2. The van der Waals surface area contributed by atoms with Crippen LogP contribution in [-0.4, -0.2) is 29.9 Å². The molecule has 1 unspecified atom stereocenters. The summed E-state index contributed by atoms with van der Waals surface area (Å²) in [5.74, 6) is 0.0893. The van der Waals surface area contributed by atoms with Crippen LogP contribution in [0.1, 0.15) is 75.5 Å². The van der Waals surface area contributed by atoms with Crippen LogP contribution < -0.4 is 5.32 Å². The van der Waals surface area contributed by atoms with E-state index in [1.165, 1.54) is 69.2 Å². The molecular weight excluding hydrogens is 296 g/mol. The number of carbonyl (C=O) groups excluding carboxylic acids is 1. The smallest absolute Gasteiger partial charge is 0.217 e. The predicted molar refractivity (Wildman–Crippen MR) is 97.0 cm³/mol. The summed E-state index contributed by atoms with van der Waals surface area (Å²) in [7, 11) is 0. The molecule has 0 radical (unpaired) electrons. The number of nitrogens with one attached hydrogen (secondary N) is 1. The van der Waals surface area contributed by atoms with Crippen molar-refractivity contribution in [3.8, 4) is 0 Å². The quantitative estimate of drug-likeness (QED) is 0.893. The van der Waals surface area contributed by atoms with Crippen LogP contribution in [0.25, 0.3) is 0 Å². The van der Waals surface area contributed by atoms with Crippen LogP contribution in [0.2, 0.25) is 0 Å². The van der Waals surface area contributed by atoms with Crippen LogP contribution in [0.15, 0.2) is 24.3 Å². The molecule has 1 spiro atoms. The number of nitrogens with zero attached hydrogens (tertiary/aromatic N) is 1. The van der Waals surface area contributed by atoms with Crippen molar-refractivity contribution < 1.29 is 4.79 Å². The van der Waals surface area contributed by atoms with Gasteiger partial charge in [0.25, 0.3) is 0 Å². The van der Waals surface area contributed by atoms with E-state index in [1.807, 2.05) is 0 Å². The van der Waals surface area contributed by atoms with Crippen LogP contribution in [0.3, 0.4) is 0 Å². The summed E-state index contributed by atoms with van der Waals surface area (Å²) >= 11 is 0. The molecule has 0 bridgehead atoms. The van der Waals surface area contributed by atoms with E-state index in [0.717, 1.165) is 12.5 Å². The molecule has 2 fully saturated rings. The predicted octanol–water partition coefficient (Wildman–Crippen LogP) is 3.93. The molecule has 1 atom stereocenters. The van der Waals surface area contributed by atoms with Gasteiger partial charge < -0.3 is 10.2 Å². The van der Waals surface area contributed by atoms with Gasteiger partial charge in [0.2, 0.25) is 5.91 Å². The molecule has 3 aliphatic rings. The van der Waals surface area contributed by atoms with Crippen molar-refractivity contribution in [2.45, 2.75) is 75.8 Å². The topological polar surface area (TPSA) is 32.3 Å². The molecule has 1 saturated heterocycles. The highest BCUT2D eigenvalue weighted by Crippen LogP contribution is 2.51. The van der Waals surface area contributed by atoms with Crippen molar-refractivity contribution in [1.29, 1.82) is 0 Å². The number of fused-ring (bicyclic) bond motifs is 2. The molecule has 1 heterocycles. The Labute approximate surface area is 145 Å². The van der Waals surface area contributed by atoms with Gasteiger partial charge in [-0.05, 0) is 56.3 Å². The number of likely N-dealkylation sites (tertiary alicyclic amines) is 1. The number of carbonyl (C=O) groups is 1. The SMILES string of the molecule is CC(=O)NC1CC2(CCN(C3CCCCC3)CC2)c2ccccc21. The second-order valence-corrected chi connectivity index (χ2v) is 8.15. The fraction of sp³-hybridized carbons (Fsp3) is 0.667. The van der Waals surface area contributed by atoms with E-state index in [-0.39, 0.29) is 17.4 Å². The normalized spacial score (nSPS) is 27.1. The van der Waals surface area contributed by atoms with E-state index in [0.29, 0.717) is 0 Å². The largest absolute Gasteiger partial charge is 0.349 e. The standard InChI is InChI=1S/C21H30N2O/c1-16(24)22-20-15-21(19-10-6-5-9-18(19)20)11-13-23(14-12-21)17-7-3-2-4-8-17/h5-6,9-10,17,20H,2-4,7-8,11-15H2,1H3,(H,22,24).